The Bertz CT molecular complexity index is 1430. The molecule has 0 aliphatic heterocycles. The van der Waals surface area contributed by atoms with E-state index in [9.17, 15) is 27.2 Å². The van der Waals surface area contributed by atoms with Crippen LogP contribution in [0.5, 0.6) is 0 Å². The molecule has 0 bridgehead atoms. The van der Waals surface area contributed by atoms with E-state index in [0.717, 1.165) is 99.6 Å². The number of nitrogens with zero attached hydrogens (tertiary/aromatic N) is 2. The van der Waals surface area contributed by atoms with Crippen molar-refractivity contribution in [3.63, 3.8) is 0 Å². The standard InChI is InChI=1S/C38H46F4N4O2/c1-3-35(45(29-11-7-5-8-12-29)37(47)43-33-21-19-27(39)23-31(33)41)25-15-17-26(18-16-25)36(4-2)46(30-13-9-6-10-14-30)38(48)44-34-22-20-28(40)24-32(34)42/h15-24,29-30,35-36H,3-14H2,1-2H3,(H,43,47)(H,44,48). The molecule has 6 nitrogen and oxygen atoms in total. The number of benzene rings is 3. The van der Waals surface area contributed by atoms with Crippen LogP contribution in [0.15, 0.2) is 60.7 Å². The molecule has 2 aliphatic rings. The van der Waals surface area contributed by atoms with E-state index < -0.39 is 35.3 Å². The van der Waals surface area contributed by atoms with Gasteiger partial charge in [0, 0.05) is 24.2 Å². The molecule has 2 saturated carbocycles. The number of rotatable bonds is 10. The van der Waals surface area contributed by atoms with Gasteiger partial charge in [0.2, 0.25) is 0 Å². The zero-order chi connectivity index (χ0) is 34.2. The molecule has 4 amide bonds. The van der Waals surface area contributed by atoms with Crippen LogP contribution in [0.25, 0.3) is 0 Å². The molecule has 2 atom stereocenters. The Hall–Kier alpha value is -4.08. The second kappa shape index (κ2) is 16.3. The van der Waals surface area contributed by atoms with Crippen LogP contribution >= 0.6 is 0 Å². The van der Waals surface area contributed by atoms with Crippen molar-refractivity contribution >= 4 is 23.4 Å². The highest BCUT2D eigenvalue weighted by Crippen LogP contribution is 2.37. The molecule has 3 aromatic rings. The number of hydrogen-bond donors (Lipinski definition) is 2. The second-order valence-electron chi connectivity index (χ2n) is 13.0. The minimum absolute atomic E-state index is 0.0346. The molecule has 0 heterocycles. The van der Waals surface area contributed by atoms with Crippen LogP contribution in [0.3, 0.4) is 0 Å². The summed E-state index contributed by atoms with van der Waals surface area (Å²) in [4.78, 5) is 31.3. The first-order chi connectivity index (χ1) is 23.2. The summed E-state index contributed by atoms with van der Waals surface area (Å²) >= 11 is 0. The van der Waals surface area contributed by atoms with Gasteiger partial charge in [-0.1, -0.05) is 76.6 Å². The molecule has 258 valence electrons. The fourth-order valence-corrected chi connectivity index (χ4v) is 7.51. The van der Waals surface area contributed by atoms with E-state index in [1.165, 1.54) is 12.1 Å². The third-order valence-corrected chi connectivity index (χ3v) is 9.90. The van der Waals surface area contributed by atoms with Crippen LogP contribution in [-0.2, 0) is 0 Å². The van der Waals surface area contributed by atoms with Gasteiger partial charge in [-0.2, -0.15) is 0 Å². The van der Waals surface area contributed by atoms with E-state index >= 15 is 0 Å². The van der Waals surface area contributed by atoms with Crippen molar-refractivity contribution in [2.75, 3.05) is 10.6 Å². The van der Waals surface area contributed by atoms with Crippen molar-refractivity contribution in [3.05, 3.63) is 95.1 Å². The van der Waals surface area contributed by atoms with Crippen molar-refractivity contribution in [3.8, 4) is 0 Å². The molecule has 2 fully saturated rings. The number of hydrogen-bond acceptors (Lipinski definition) is 2. The summed E-state index contributed by atoms with van der Waals surface area (Å²) in [5, 5.41) is 5.39. The average molecular weight is 667 g/mol. The van der Waals surface area contributed by atoms with E-state index in [4.69, 9.17) is 0 Å². The Kier molecular flexibility index (Phi) is 12.0. The topological polar surface area (TPSA) is 64.7 Å². The van der Waals surface area contributed by atoms with E-state index in [1.807, 2.05) is 47.9 Å². The lowest BCUT2D eigenvalue weighted by atomic mass is 9.89. The van der Waals surface area contributed by atoms with Crippen molar-refractivity contribution in [1.82, 2.24) is 9.80 Å². The van der Waals surface area contributed by atoms with Crippen LogP contribution in [0.4, 0.5) is 38.5 Å². The summed E-state index contributed by atoms with van der Waals surface area (Å²) in [6, 6.07) is 12.7. The number of anilines is 2. The fourth-order valence-electron chi connectivity index (χ4n) is 7.51. The molecule has 0 aromatic heterocycles. The van der Waals surface area contributed by atoms with Gasteiger partial charge in [0.05, 0.1) is 23.5 Å². The Morgan fingerprint density at radius 3 is 1.27 bits per heavy atom. The Balaban J connectivity index is 1.42. The van der Waals surface area contributed by atoms with Gasteiger partial charge in [0.15, 0.2) is 0 Å². The SMILES string of the molecule is CCC(c1ccc(C(CC)N(C(=O)Nc2ccc(F)cc2F)C2CCCCC2)cc1)N(C(=O)Nc1ccc(F)cc1F)C1CCCCC1. The smallest absolute Gasteiger partial charge is 0.315 e. The first-order valence-electron chi connectivity index (χ1n) is 17.4. The van der Waals surface area contributed by atoms with Crippen LogP contribution < -0.4 is 10.6 Å². The van der Waals surface area contributed by atoms with E-state index in [0.29, 0.717) is 12.8 Å². The Morgan fingerprint density at radius 1 is 0.604 bits per heavy atom. The summed E-state index contributed by atoms with van der Waals surface area (Å²) in [5.41, 5.74) is 1.69. The normalized spacial score (nSPS) is 17.0. The van der Waals surface area contributed by atoms with Crippen molar-refractivity contribution in [2.24, 2.45) is 0 Å². The van der Waals surface area contributed by atoms with Gasteiger partial charge in [-0.25, -0.2) is 27.2 Å². The minimum atomic E-state index is -0.830. The zero-order valence-corrected chi connectivity index (χ0v) is 27.8. The maximum absolute atomic E-state index is 14.6. The number of urea groups is 2. The summed E-state index contributed by atoms with van der Waals surface area (Å²) in [6.07, 6.45) is 10.8. The highest BCUT2D eigenvalue weighted by Gasteiger charge is 2.35. The third-order valence-electron chi connectivity index (χ3n) is 9.90. The number of amides is 4. The molecule has 2 aliphatic carbocycles. The van der Waals surface area contributed by atoms with Gasteiger partial charge in [0.25, 0.3) is 0 Å². The predicted octanol–water partition coefficient (Wildman–Crippen LogP) is 10.9. The first-order valence-corrected chi connectivity index (χ1v) is 17.4. The van der Waals surface area contributed by atoms with Crippen LogP contribution in [0.1, 0.15) is 114 Å². The number of halogens is 4. The van der Waals surface area contributed by atoms with Crippen molar-refractivity contribution < 1.29 is 27.2 Å². The summed E-state index contributed by atoms with van der Waals surface area (Å²) in [6.45, 7) is 4.03. The minimum Gasteiger partial charge on any atom is -0.315 e. The van der Waals surface area contributed by atoms with Crippen molar-refractivity contribution in [1.29, 1.82) is 0 Å². The van der Waals surface area contributed by atoms with Gasteiger partial charge >= 0.3 is 12.1 Å². The summed E-state index contributed by atoms with van der Waals surface area (Å²) in [5.74, 6) is -3.09. The van der Waals surface area contributed by atoms with Gasteiger partial charge in [-0.15, -0.1) is 0 Å². The van der Waals surface area contributed by atoms with Gasteiger partial charge in [0.1, 0.15) is 23.3 Å². The lowest BCUT2D eigenvalue weighted by Gasteiger charge is -2.41. The summed E-state index contributed by atoms with van der Waals surface area (Å²) in [7, 11) is 0. The van der Waals surface area contributed by atoms with E-state index in [-0.39, 0.29) is 35.5 Å². The second-order valence-corrected chi connectivity index (χ2v) is 13.0. The fraction of sp³-hybridized carbons (Fsp3) is 0.474. The molecular weight excluding hydrogens is 620 g/mol. The average Bonchev–Trinajstić information content (AvgIpc) is 3.09. The van der Waals surface area contributed by atoms with Crippen LogP contribution in [-0.4, -0.2) is 33.9 Å². The lowest BCUT2D eigenvalue weighted by molar-refractivity contribution is 0.129. The Morgan fingerprint density at radius 2 is 0.958 bits per heavy atom. The zero-order valence-electron chi connectivity index (χ0n) is 27.8. The lowest BCUT2D eigenvalue weighted by Crippen LogP contribution is -2.46. The number of carbonyl (C=O) groups excluding carboxylic acids is 2. The molecule has 0 radical (unpaired) electrons. The Labute approximate surface area is 280 Å². The molecule has 2 unspecified atom stereocenters. The number of carbonyl (C=O) groups is 2. The molecule has 0 saturated heterocycles. The molecule has 3 aromatic carbocycles. The van der Waals surface area contributed by atoms with E-state index in [1.54, 1.807) is 0 Å². The summed E-state index contributed by atoms with van der Waals surface area (Å²) < 4.78 is 56.2. The van der Waals surface area contributed by atoms with Crippen molar-refractivity contribution in [2.45, 2.75) is 115 Å². The first kappa shape index (κ1) is 35.2. The molecule has 5 rings (SSSR count). The van der Waals surface area contributed by atoms with Crippen LogP contribution in [0, 0.1) is 23.3 Å². The highest BCUT2D eigenvalue weighted by atomic mass is 19.1. The third kappa shape index (κ3) is 8.31. The van der Waals surface area contributed by atoms with Gasteiger partial charge < -0.3 is 20.4 Å². The highest BCUT2D eigenvalue weighted by molar-refractivity contribution is 5.90. The predicted molar refractivity (Wildman–Crippen MR) is 181 cm³/mol. The molecule has 10 heteroatoms. The molecule has 2 N–H and O–H groups in total. The van der Waals surface area contributed by atoms with Gasteiger partial charge in [-0.3, -0.25) is 0 Å². The number of nitrogens with one attached hydrogen (secondary N) is 2. The molecule has 48 heavy (non-hydrogen) atoms. The quantitative estimate of drug-likeness (QED) is 0.212. The molecular formula is C38H46F4N4O2. The van der Waals surface area contributed by atoms with E-state index in [2.05, 4.69) is 10.6 Å². The van der Waals surface area contributed by atoms with Gasteiger partial charge in [-0.05, 0) is 73.9 Å². The maximum atomic E-state index is 14.6. The van der Waals surface area contributed by atoms with Crippen LogP contribution in [0.2, 0.25) is 0 Å². The largest absolute Gasteiger partial charge is 0.322 e. The maximum Gasteiger partial charge on any atom is 0.322 e. The molecule has 0 spiro atoms. The monoisotopic (exact) mass is 666 g/mol.